The zero-order chi connectivity index (χ0) is 19.8. The van der Waals surface area contributed by atoms with Crippen LogP contribution in [0.25, 0.3) is 11.1 Å². The van der Waals surface area contributed by atoms with Gasteiger partial charge in [-0.1, -0.05) is 87.4 Å². The maximum Gasteiger partial charge on any atom is 0.131 e. The van der Waals surface area contributed by atoms with Crippen molar-refractivity contribution < 1.29 is 4.39 Å². The topological polar surface area (TPSA) is 0 Å². The fraction of sp³-hybridized carbons (Fsp3) is 0.333. The van der Waals surface area contributed by atoms with Gasteiger partial charge in [0.2, 0.25) is 0 Å². The number of hydrogen-bond donors (Lipinski definition) is 0. The summed E-state index contributed by atoms with van der Waals surface area (Å²) in [5.41, 5.74) is 6.78. The summed E-state index contributed by atoms with van der Waals surface area (Å²) in [7, 11) is 0. The zero-order valence-corrected chi connectivity index (χ0v) is 17.2. The Labute approximate surface area is 169 Å². The van der Waals surface area contributed by atoms with Crippen LogP contribution in [0.3, 0.4) is 0 Å². The molecule has 0 aromatic heterocycles. The van der Waals surface area contributed by atoms with E-state index < -0.39 is 0 Å². The van der Waals surface area contributed by atoms with Crippen LogP contribution in [0.5, 0.6) is 0 Å². The SMILES string of the molecule is CCCCCc1ccc(CCc2ccc(-c3ccc(CC)cc3F)cc2)cc1. The van der Waals surface area contributed by atoms with Crippen LogP contribution in [0.2, 0.25) is 0 Å². The molecule has 0 aliphatic carbocycles. The second-order valence-electron chi connectivity index (χ2n) is 7.64. The van der Waals surface area contributed by atoms with Crippen molar-refractivity contribution in [2.24, 2.45) is 0 Å². The van der Waals surface area contributed by atoms with Crippen LogP contribution in [0, 0.1) is 5.82 Å². The van der Waals surface area contributed by atoms with E-state index in [-0.39, 0.29) is 5.82 Å². The van der Waals surface area contributed by atoms with E-state index in [4.69, 9.17) is 0 Å². The van der Waals surface area contributed by atoms with Crippen molar-refractivity contribution in [3.63, 3.8) is 0 Å². The molecule has 0 bridgehead atoms. The average molecular weight is 375 g/mol. The Bertz CT molecular complexity index is 860. The van der Waals surface area contributed by atoms with E-state index in [0.29, 0.717) is 5.56 Å². The second kappa shape index (κ2) is 10.2. The summed E-state index contributed by atoms with van der Waals surface area (Å²) in [5.74, 6) is -0.133. The fourth-order valence-electron chi connectivity index (χ4n) is 3.60. The van der Waals surface area contributed by atoms with Crippen molar-refractivity contribution >= 4 is 0 Å². The van der Waals surface area contributed by atoms with Crippen molar-refractivity contribution in [3.8, 4) is 11.1 Å². The monoisotopic (exact) mass is 374 g/mol. The molecule has 0 atom stereocenters. The molecule has 0 saturated carbocycles. The van der Waals surface area contributed by atoms with Crippen molar-refractivity contribution in [1.82, 2.24) is 0 Å². The molecule has 28 heavy (non-hydrogen) atoms. The Morgan fingerprint density at radius 3 is 1.68 bits per heavy atom. The van der Waals surface area contributed by atoms with Crippen molar-refractivity contribution in [2.75, 3.05) is 0 Å². The highest BCUT2D eigenvalue weighted by Gasteiger charge is 2.06. The number of halogens is 1. The van der Waals surface area contributed by atoms with Crippen LogP contribution in [-0.4, -0.2) is 0 Å². The van der Waals surface area contributed by atoms with E-state index in [0.717, 1.165) is 30.4 Å². The maximum atomic E-state index is 14.3. The lowest BCUT2D eigenvalue weighted by Gasteiger charge is -2.08. The highest BCUT2D eigenvalue weighted by Crippen LogP contribution is 2.24. The van der Waals surface area contributed by atoms with Gasteiger partial charge in [-0.3, -0.25) is 0 Å². The Balaban J connectivity index is 1.57. The first-order valence-corrected chi connectivity index (χ1v) is 10.6. The molecule has 0 unspecified atom stereocenters. The molecule has 0 heterocycles. The zero-order valence-electron chi connectivity index (χ0n) is 17.2. The fourth-order valence-corrected chi connectivity index (χ4v) is 3.60. The van der Waals surface area contributed by atoms with Crippen molar-refractivity contribution in [3.05, 3.63) is 94.8 Å². The van der Waals surface area contributed by atoms with Gasteiger partial charge in [-0.15, -0.1) is 0 Å². The number of rotatable bonds is 9. The Kier molecular flexibility index (Phi) is 7.42. The van der Waals surface area contributed by atoms with Crippen molar-refractivity contribution in [1.29, 1.82) is 0 Å². The molecule has 1 heteroatoms. The van der Waals surface area contributed by atoms with Gasteiger partial charge in [0.1, 0.15) is 5.82 Å². The van der Waals surface area contributed by atoms with Crippen LogP contribution >= 0.6 is 0 Å². The van der Waals surface area contributed by atoms with Crippen LogP contribution in [0.1, 0.15) is 55.4 Å². The molecule has 0 aliphatic rings. The van der Waals surface area contributed by atoms with Crippen LogP contribution < -0.4 is 0 Å². The Hall–Kier alpha value is -2.41. The molecule has 146 valence electrons. The van der Waals surface area contributed by atoms with Crippen LogP contribution in [0.15, 0.2) is 66.7 Å². The molecule has 0 saturated heterocycles. The number of aryl methyl sites for hydroxylation is 4. The van der Waals surface area contributed by atoms with E-state index in [1.165, 1.54) is 42.4 Å². The molecule has 0 radical (unpaired) electrons. The van der Waals surface area contributed by atoms with Gasteiger partial charge in [-0.25, -0.2) is 4.39 Å². The normalized spacial score (nSPS) is 11.0. The minimum atomic E-state index is -0.133. The molecule has 0 spiro atoms. The third-order valence-electron chi connectivity index (χ3n) is 5.50. The molecule has 3 aromatic rings. The standard InChI is InChI=1S/C27H31F/c1-3-5-6-7-22-8-10-23(11-9-22)12-13-24-14-17-25(18-15-24)26-19-16-21(4-2)20-27(26)28/h8-11,14-20H,3-7,12-13H2,1-2H3. The molecule has 0 nitrogen and oxygen atoms in total. The van der Waals surface area contributed by atoms with Crippen molar-refractivity contribution in [2.45, 2.75) is 58.8 Å². The molecule has 3 aromatic carbocycles. The highest BCUT2D eigenvalue weighted by molar-refractivity contribution is 5.64. The smallest absolute Gasteiger partial charge is 0.131 e. The summed E-state index contributed by atoms with van der Waals surface area (Å²) in [6.45, 7) is 4.29. The molecule has 3 rings (SSSR count). The predicted octanol–water partition coefficient (Wildman–Crippen LogP) is 7.57. The minimum Gasteiger partial charge on any atom is -0.206 e. The summed E-state index contributed by atoms with van der Waals surface area (Å²) < 4.78 is 14.3. The van der Waals surface area contributed by atoms with Gasteiger partial charge < -0.3 is 0 Å². The van der Waals surface area contributed by atoms with E-state index in [1.54, 1.807) is 6.07 Å². The lowest BCUT2D eigenvalue weighted by Crippen LogP contribution is -1.93. The minimum absolute atomic E-state index is 0.133. The van der Waals surface area contributed by atoms with Gasteiger partial charge in [0, 0.05) is 5.56 Å². The van der Waals surface area contributed by atoms with Crippen LogP contribution in [0.4, 0.5) is 4.39 Å². The van der Waals surface area contributed by atoms with E-state index in [9.17, 15) is 4.39 Å². The molecule has 0 N–H and O–H groups in total. The van der Waals surface area contributed by atoms with Gasteiger partial charge in [-0.05, 0) is 66.0 Å². The number of benzene rings is 3. The first-order valence-electron chi connectivity index (χ1n) is 10.6. The van der Waals surface area contributed by atoms with Gasteiger partial charge in [0.15, 0.2) is 0 Å². The van der Waals surface area contributed by atoms with E-state index in [1.807, 2.05) is 31.2 Å². The number of hydrogen-bond acceptors (Lipinski definition) is 0. The largest absolute Gasteiger partial charge is 0.206 e. The van der Waals surface area contributed by atoms with Gasteiger partial charge in [0.05, 0.1) is 0 Å². The molecular formula is C27H31F. The maximum absolute atomic E-state index is 14.3. The average Bonchev–Trinajstić information content (AvgIpc) is 2.74. The highest BCUT2D eigenvalue weighted by atomic mass is 19.1. The summed E-state index contributed by atoms with van der Waals surface area (Å²) in [6.07, 6.45) is 7.95. The molecule has 0 amide bonds. The van der Waals surface area contributed by atoms with E-state index >= 15 is 0 Å². The lowest BCUT2D eigenvalue weighted by atomic mass is 9.98. The van der Waals surface area contributed by atoms with Gasteiger partial charge in [-0.2, -0.15) is 0 Å². The molecular weight excluding hydrogens is 343 g/mol. The summed E-state index contributed by atoms with van der Waals surface area (Å²) >= 11 is 0. The van der Waals surface area contributed by atoms with E-state index in [2.05, 4.69) is 43.3 Å². The summed E-state index contributed by atoms with van der Waals surface area (Å²) in [5, 5.41) is 0. The Morgan fingerprint density at radius 2 is 1.14 bits per heavy atom. The molecule has 0 fully saturated rings. The van der Waals surface area contributed by atoms with Gasteiger partial charge >= 0.3 is 0 Å². The third kappa shape index (κ3) is 5.55. The lowest BCUT2D eigenvalue weighted by molar-refractivity contribution is 0.629. The Morgan fingerprint density at radius 1 is 0.607 bits per heavy atom. The first kappa shape index (κ1) is 20.3. The third-order valence-corrected chi connectivity index (χ3v) is 5.50. The second-order valence-corrected chi connectivity index (χ2v) is 7.64. The predicted molar refractivity (Wildman–Crippen MR) is 118 cm³/mol. The summed E-state index contributed by atoms with van der Waals surface area (Å²) in [4.78, 5) is 0. The summed E-state index contributed by atoms with van der Waals surface area (Å²) in [6, 6.07) is 23.0. The van der Waals surface area contributed by atoms with Crippen LogP contribution in [-0.2, 0) is 25.7 Å². The number of unbranched alkanes of at least 4 members (excludes halogenated alkanes) is 2. The molecule has 0 aliphatic heterocycles. The quantitative estimate of drug-likeness (QED) is 0.339. The first-order chi connectivity index (χ1) is 13.7. The van der Waals surface area contributed by atoms with Gasteiger partial charge in [0.25, 0.3) is 0 Å².